The van der Waals surface area contributed by atoms with Gasteiger partial charge in [-0.2, -0.15) is 0 Å². The third-order valence-electron chi connectivity index (χ3n) is 2.48. The smallest absolute Gasteiger partial charge is 0.376 e. The van der Waals surface area contributed by atoms with Crippen LogP contribution in [-0.2, 0) is 4.74 Å². The summed E-state index contributed by atoms with van der Waals surface area (Å²) in [5.41, 5.74) is 1.49. The van der Waals surface area contributed by atoms with Crippen molar-refractivity contribution in [2.75, 3.05) is 6.61 Å². The van der Waals surface area contributed by atoms with Crippen LogP contribution in [0, 0.1) is 0 Å². The molecule has 0 aliphatic rings. The fraction of sp³-hybridized carbons (Fsp3) is 0.385. The van der Waals surface area contributed by atoms with Crippen molar-refractivity contribution in [3.63, 3.8) is 0 Å². The van der Waals surface area contributed by atoms with Crippen LogP contribution in [0.25, 0.3) is 11.5 Å². The molecule has 0 aliphatic heterocycles. The first-order valence-corrected chi connectivity index (χ1v) is 7.62. The average Bonchev–Trinajstić information content (AvgIpc) is 2.94. The van der Waals surface area contributed by atoms with E-state index in [1.54, 1.807) is 18.3 Å². The van der Waals surface area contributed by atoms with Gasteiger partial charge in [0.2, 0.25) is 11.7 Å². The highest BCUT2D eigenvalue weighted by molar-refractivity contribution is 9.11. The number of thiophene rings is 1. The Morgan fingerprint density at radius 1 is 1.58 bits per heavy atom. The topological polar surface area (TPSA) is 52.3 Å². The first-order chi connectivity index (χ1) is 9.02. The molecule has 0 radical (unpaired) electrons. The van der Waals surface area contributed by atoms with Crippen molar-refractivity contribution in [1.82, 2.24) is 4.98 Å². The first kappa shape index (κ1) is 14.3. The van der Waals surface area contributed by atoms with E-state index in [2.05, 4.69) is 20.9 Å². The third-order valence-corrected chi connectivity index (χ3v) is 3.98. The molecule has 2 heterocycles. The van der Waals surface area contributed by atoms with Crippen molar-refractivity contribution in [3.05, 3.63) is 26.7 Å². The highest BCUT2D eigenvalue weighted by Gasteiger charge is 2.24. The molecular formula is C13H14BrNO3S. The van der Waals surface area contributed by atoms with Gasteiger partial charge in [0.1, 0.15) is 0 Å². The number of nitrogens with zero attached hydrogens (tertiary/aromatic N) is 1. The Balaban J connectivity index is 2.43. The van der Waals surface area contributed by atoms with Gasteiger partial charge in [0.05, 0.1) is 16.1 Å². The van der Waals surface area contributed by atoms with Gasteiger partial charge < -0.3 is 9.15 Å². The number of rotatable bonds is 4. The Kier molecular flexibility index (Phi) is 4.42. The molecule has 0 saturated heterocycles. The van der Waals surface area contributed by atoms with Crippen molar-refractivity contribution in [1.29, 1.82) is 0 Å². The number of aromatic nitrogens is 1. The van der Waals surface area contributed by atoms with Gasteiger partial charge in [-0.25, -0.2) is 9.78 Å². The summed E-state index contributed by atoms with van der Waals surface area (Å²) in [4.78, 5) is 16.3. The lowest BCUT2D eigenvalue weighted by Gasteiger charge is -2.02. The van der Waals surface area contributed by atoms with Crippen LogP contribution in [0.1, 0.15) is 42.9 Å². The summed E-state index contributed by atoms with van der Waals surface area (Å²) in [7, 11) is 0. The van der Waals surface area contributed by atoms with Crippen molar-refractivity contribution in [3.8, 4) is 11.5 Å². The molecule has 102 valence electrons. The number of carbonyl (C=O) groups is 1. The van der Waals surface area contributed by atoms with E-state index in [0.29, 0.717) is 18.2 Å². The minimum atomic E-state index is -0.459. The summed E-state index contributed by atoms with van der Waals surface area (Å²) < 4.78 is 11.6. The normalized spacial score (nSPS) is 11.0. The fourth-order valence-corrected chi connectivity index (χ4v) is 2.74. The van der Waals surface area contributed by atoms with Gasteiger partial charge in [0.15, 0.2) is 0 Å². The number of ether oxygens (including phenoxy) is 1. The molecule has 19 heavy (non-hydrogen) atoms. The van der Waals surface area contributed by atoms with E-state index in [0.717, 1.165) is 9.35 Å². The molecule has 0 bridgehead atoms. The van der Waals surface area contributed by atoms with Crippen molar-refractivity contribution < 1.29 is 13.9 Å². The molecular weight excluding hydrogens is 330 g/mol. The number of carbonyl (C=O) groups excluding carboxylic acids is 1. The second-order valence-electron chi connectivity index (χ2n) is 4.25. The Labute approximate surface area is 123 Å². The average molecular weight is 344 g/mol. The lowest BCUT2D eigenvalue weighted by atomic mass is 10.1. The zero-order chi connectivity index (χ0) is 14.0. The molecule has 2 aromatic heterocycles. The number of hydrogen-bond donors (Lipinski definition) is 0. The molecule has 0 aliphatic carbocycles. The molecule has 2 rings (SSSR count). The number of halogens is 1. The molecule has 0 fully saturated rings. The predicted molar refractivity (Wildman–Crippen MR) is 77.6 cm³/mol. The fourth-order valence-electron chi connectivity index (χ4n) is 1.61. The van der Waals surface area contributed by atoms with Crippen LogP contribution < -0.4 is 0 Å². The summed E-state index contributed by atoms with van der Waals surface area (Å²) in [5.74, 6) is 0.293. The molecule has 0 atom stereocenters. The Morgan fingerprint density at radius 2 is 2.32 bits per heavy atom. The number of hydrogen-bond acceptors (Lipinski definition) is 5. The second-order valence-corrected chi connectivity index (χ2v) is 6.54. The zero-order valence-corrected chi connectivity index (χ0v) is 13.3. The summed E-state index contributed by atoms with van der Waals surface area (Å²) in [6.07, 6.45) is 0. The van der Waals surface area contributed by atoms with Crippen molar-refractivity contribution in [2.24, 2.45) is 0 Å². The van der Waals surface area contributed by atoms with E-state index >= 15 is 0 Å². The van der Waals surface area contributed by atoms with Crippen LogP contribution in [0.2, 0.25) is 0 Å². The summed E-state index contributed by atoms with van der Waals surface area (Å²) in [6.45, 7) is 6.01. The zero-order valence-electron chi connectivity index (χ0n) is 10.9. The molecule has 0 N–H and O–H groups in total. The van der Waals surface area contributed by atoms with Crippen LogP contribution in [0.5, 0.6) is 0 Å². The molecule has 0 unspecified atom stereocenters. The molecule has 0 spiro atoms. The van der Waals surface area contributed by atoms with Crippen molar-refractivity contribution >= 4 is 33.2 Å². The van der Waals surface area contributed by atoms with E-state index in [9.17, 15) is 4.79 Å². The number of esters is 1. The van der Waals surface area contributed by atoms with Gasteiger partial charge >= 0.3 is 5.97 Å². The van der Waals surface area contributed by atoms with Crippen LogP contribution in [-0.4, -0.2) is 17.6 Å². The van der Waals surface area contributed by atoms with Gasteiger partial charge in [-0.15, -0.1) is 11.3 Å². The van der Waals surface area contributed by atoms with Crippen LogP contribution in [0.3, 0.4) is 0 Å². The van der Waals surface area contributed by atoms with Crippen LogP contribution in [0.4, 0.5) is 0 Å². The summed E-state index contributed by atoms with van der Waals surface area (Å²) in [5, 5.41) is 1.93. The minimum absolute atomic E-state index is 0.0963. The highest BCUT2D eigenvalue weighted by Crippen LogP contribution is 2.31. The Hall–Kier alpha value is -1.14. The molecule has 0 amide bonds. The molecule has 2 aromatic rings. The monoisotopic (exact) mass is 343 g/mol. The lowest BCUT2D eigenvalue weighted by molar-refractivity contribution is 0.0488. The Bertz CT molecular complexity index is 588. The van der Waals surface area contributed by atoms with Gasteiger partial charge in [-0.1, -0.05) is 13.8 Å². The summed E-state index contributed by atoms with van der Waals surface area (Å²) in [6, 6.07) is 1.91. The molecule has 4 nitrogen and oxygen atoms in total. The largest absolute Gasteiger partial charge is 0.460 e. The van der Waals surface area contributed by atoms with Gasteiger partial charge in [-0.05, 0) is 34.8 Å². The van der Waals surface area contributed by atoms with E-state index in [4.69, 9.17) is 9.15 Å². The van der Waals surface area contributed by atoms with E-state index in [1.165, 1.54) is 0 Å². The molecule has 0 saturated carbocycles. The highest BCUT2D eigenvalue weighted by atomic mass is 79.9. The van der Waals surface area contributed by atoms with E-state index < -0.39 is 5.97 Å². The lowest BCUT2D eigenvalue weighted by Crippen LogP contribution is -2.07. The van der Waals surface area contributed by atoms with Gasteiger partial charge in [0.25, 0.3) is 0 Å². The minimum Gasteiger partial charge on any atom is -0.460 e. The number of oxazole rings is 1. The van der Waals surface area contributed by atoms with Crippen LogP contribution in [0.15, 0.2) is 19.6 Å². The SMILES string of the molecule is CCOC(=O)c1oc(-c2csc(Br)c2)nc1C(C)C. The van der Waals surface area contributed by atoms with E-state index in [-0.39, 0.29) is 11.7 Å². The summed E-state index contributed by atoms with van der Waals surface area (Å²) >= 11 is 4.94. The quantitative estimate of drug-likeness (QED) is 0.768. The Morgan fingerprint density at radius 3 is 2.84 bits per heavy atom. The maximum Gasteiger partial charge on any atom is 0.376 e. The first-order valence-electron chi connectivity index (χ1n) is 5.95. The maximum absolute atomic E-state index is 11.9. The molecule has 0 aromatic carbocycles. The van der Waals surface area contributed by atoms with E-state index in [1.807, 2.05) is 25.3 Å². The van der Waals surface area contributed by atoms with Gasteiger partial charge in [-0.3, -0.25) is 0 Å². The second kappa shape index (κ2) is 5.88. The maximum atomic E-state index is 11.9. The standard InChI is InChI=1S/C13H14BrNO3S/c1-4-17-13(16)11-10(7(2)3)15-12(18-11)8-5-9(14)19-6-8/h5-7H,4H2,1-3H3. The predicted octanol–water partition coefficient (Wildman–Crippen LogP) is 4.47. The third kappa shape index (κ3) is 3.06. The van der Waals surface area contributed by atoms with Gasteiger partial charge in [0, 0.05) is 10.9 Å². The molecule has 6 heteroatoms. The van der Waals surface area contributed by atoms with Crippen molar-refractivity contribution in [2.45, 2.75) is 26.7 Å². The van der Waals surface area contributed by atoms with Crippen LogP contribution >= 0.6 is 27.3 Å².